The SMILES string of the molecule is CN=C(NCCSc1ccc(F)cc1)NCc1nnc2ccccn12.I. The van der Waals surface area contributed by atoms with Crippen LogP contribution in [0.4, 0.5) is 4.39 Å². The normalized spacial score (nSPS) is 11.2. The van der Waals surface area contributed by atoms with E-state index in [-0.39, 0.29) is 29.8 Å². The third kappa shape index (κ3) is 5.56. The Hall–Kier alpha value is -1.88. The molecular weight excluding hydrogens is 466 g/mol. The first kappa shape index (κ1) is 20.4. The molecule has 0 saturated heterocycles. The van der Waals surface area contributed by atoms with Gasteiger partial charge in [0.15, 0.2) is 17.4 Å². The van der Waals surface area contributed by atoms with Crippen molar-refractivity contribution in [2.45, 2.75) is 11.4 Å². The molecule has 0 spiro atoms. The zero-order valence-electron chi connectivity index (χ0n) is 14.2. The number of nitrogens with zero attached hydrogens (tertiary/aromatic N) is 4. The van der Waals surface area contributed by atoms with E-state index in [1.807, 2.05) is 28.8 Å². The fourth-order valence-electron chi connectivity index (χ4n) is 2.26. The molecule has 6 nitrogen and oxygen atoms in total. The zero-order chi connectivity index (χ0) is 17.5. The van der Waals surface area contributed by atoms with Crippen LogP contribution in [0.25, 0.3) is 5.65 Å². The largest absolute Gasteiger partial charge is 0.356 e. The van der Waals surface area contributed by atoms with Crippen LogP contribution in [0, 0.1) is 5.82 Å². The van der Waals surface area contributed by atoms with E-state index >= 15 is 0 Å². The van der Waals surface area contributed by atoms with Gasteiger partial charge in [0.05, 0.1) is 6.54 Å². The maximum Gasteiger partial charge on any atom is 0.191 e. The summed E-state index contributed by atoms with van der Waals surface area (Å²) >= 11 is 1.66. The van der Waals surface area contributed by atoms with Gasteiger partial charge in [0, 0.05) is 30.4 Å². The van der Waals surface area contributed by atoms with Gasteiger partial charge in [-0.25, -0.2) is 4.39 Å². The second-order valence-electron chi connectivity index (χ2n) is 5.20. The molecule has 0 amide bonds. The van der Waals surface area contributed by atoms with Crippen molar-refractivity contribution in [2.75, 3.05) is 19.3 Å². The van der Waals surface area contributed by atoms with Gasteiger partial charge in [-0.2, -0.15) is 0 Å². The molecule has 1 aromatic carbocycles. The van der Waals surface area contributed by atoms with Crippen LogP contribution in [0.15, 0.2) is 58.5 Å². The summed E-state index contributed by atoms with van der Waals surface area (Å²) in [5.74, 6) is 2.15. The predicted molar refractivity (Wildman–Crippen MR) is 114 cm³/mol. The number of guanidine groups is 1. The Morgan fingerprint density at radius 2 is 1.96 bits per heavy atom. The number of rotatable bonds is 6. The number of aromatic nitrogens is 3. The van der Waals surface area contributed by atoms with E-state index in [1.165, 1.54) is 12.1 Å². The van der Waals surface area contributed by atoms with Crippen LogP contribution < -0.4 is 10.6 Å². The lowest BCUT2D eigenvalue weighted by atomic mass is 10.4. The highest BCUT2D eigenvalue weighted by atomic mass is 127. The summed E-state index contributed by atoms with van der Waals surface area (Å²) in [4.78, 5) is 5.24. The summed E-state index contributed by atoms with van der Waals surface area (Å²) in [6, 6.07) is 12.3. The Labute approximate surface area is 172 Å². The molecule has 9 heteroatoms. The van der Waals surface area contributed by atoms with Crippen LogP contribution in [0.1, 0.15) is 5.82 Å². The van der Waals surface area contributed by atoms with Crippen molar-refractivity contribution in [3.05, 3.63) is 60.3 Å². The predicted octanol–water partition coefficient (Wildman–Crippen LogP) is 2.94. The summed E-state index contributed by atoms with van der Waals surface area (Å²) in [5, 5.41) is 14.8. The lowest BCUT2D eigenvalue weighted by molar-refractivity contribution is 0.626. The van der Waals surface area contributed by atoms with Crippen molar-refractivity contribution in [3.8, 4) is 0 Å². The van der Waals surface area contributed by atoms with E-state index in [0.717, 1.165) is 28.7 Å². The van der Waals surface area contributed by atoms with E-state index < -0.39 is 0 Å². The Kier molecular flexibility index (Phi) is 8.10. The molecule has 0 saturated carbocycles. The molecular formula is C17H20FIN6S. The number of halogens is 2. The van der Waals surface area contributed by atoms with Crippen LogP contribution in [-0.2, 0) is 6.54 Å². The third-order valence-corrected chi connectivity index (χ3v) is 4.51. The molecule has 26 heavy (non-hydrogen) atoms. The summed E-state index contributed by atoms with van der Waals surface area (Å²) < 4.78 is 14.8. The second-order valence-corrected chi connectivity index (χ2v) is 6.37. The molecule has 2 aromatic heterocycles. The molecule has 0 aliphatic carbocycles. The van der Waals surface area contributed by atoms with Crippen LogP contribution in [0.3, 0.4) is 0 Å². The van der Waals surface area contributed by atoms with Gasteiger partial charge in [0.1, 0.15) is 5.82 Å². The number of nitrogens with one attached hydrogen (secondary N) is 2. The quantitative estimate of drug-likeness (QED) is 0.185. The van der Waals surface area contributed by atoms with Crippen molar-refractivity contribution in [3.63, 3.8) is 0 Å². The molecule has 0 fully saturated rings. The number of hydrogen-bond acceptors (Lipinski definition) is 4. The number of benzene rings is 1. The molecule has 0 atom stereocenters. The van der Waals surface area contributed by atoms with Gasteiger partial charge in [-0.15, -0.1) is 45.9 Å². The van der Waals surface area contributed by atoms with E-state index in [2.05, 4.69) is 25.8 Å². The van der Waals surface area contributed by atoms with Gasteiger partial charge in [0.25, 0.3) is 0 Å². The Balaban J connectivity index is 0.00000243. The van der Waals surface area contributed by atoms with Gasteiger partial charge in [-0.3, -0.25) is 9.39 Å². The Morgan fingerprint density at radius 3 is 2.73 bits per heavy atom. The van der Waals surface area contributed by atoms with E-state index in [9.17, 15) is 4.39 Å². The number of hydrogen-bond donors (Lipinski definition) is 2. The highest BCUT2D eigenvalue weighted by Crippen LogP contribution is 2.17. The average molecular weight is 486 g/mol. The standard InChI is InChI=1S/C17H19FN6S.HI/c1-19-17(20-9-11-25-14-7-5-13(18)6-8-14)21-12-16-23-22-15-4-2-3-10-24(15)16;/h2-8,10H,9,11-12H2,1H3,(H2,19,20,21);1H. The second kappa shape index (κ2) is 10.3. The lowest BCUT2D eigenvalue weighted by Gasteiger charge is -2.11. The van der Waals surface area contributed by atoms with Crippen LogP contribution in [0.2, 0.25) is 0 Å². The van der Waals surface area contributed by atoms with Crippen LogP contribution >= 0.6 is 35.7 Å². The minimum absolute atomic E-state index is 0. The minimum Gasteiger partial charge on any atom is -0.356 e. The molecule has 0 radical (unpaired) electrons. The average Bonchev–Trinajstić information content (AvgIpc) is 3.06. The topological polar surface area (TPSA) is 66.6 Å². The molecule has 0 aliphatic heterocycles. The Bertz CT molecular complexity index is 852. The van der Waals surface area contributed by atoms with Crippen LogP contribution in [-0.4, -0.2) is 39.9 Å². The maximum atomic E-state index is 12.9. The first-order valence-corrected chi connectivity index (χ1v) is 8.86. The Morgan fingerprint density at radius 1 is 1.15 bits per heavy atom. The summed E-state index contributed by atoms with van der Waals surface area (Å²) in [6.45, 7) is 1.26. The first-order chi connectivity index (χ1) is 12.3. The van der Waals surface area contributed by atoms with Crippen molar-refractivity contribution >= 4 is 47.3 Å². The molecule has 3 rings (SSSR count). The fraction of sp³-hybridized carbons (Fsp3) is 0.235. The molecule has 138 valence electrons. The number of aliphatic imine (C=N–C) groups is 1. The third-order valence-electron chi connectivity index (χ3n) is 3.50. The highest BCUT2D eigenvalue weighted by molar-refractivity contribution is 14.0. The smallest absolute Gasteiger partial charge is 0.191 e. The zero-order valence-corrected chi connectivity index (χ0v) is 17.4. The molecule has 2 N–H and O–H groups in total. The molecule has 0 unspecified atom stereocenters. The number of fused-ring (bicyclic) bond motifs is 1. The molecule has 0 bridgehead atoms. The number of pyridine rings is 1. The lowest BCUT2D eigenvalue weighted by Crippen LogP contribution is -2.38. The van der Waals surface area contributed by atoms with Crippen molar-refractivity contribution < 1.29 is 4.39 Å². The van der Waals surface area contributed by atoms with Crippen LogP contribution in [0.5, 0.6) is 0 Å². The van der Waals surface area contributed by atoms with Gasteiger partial charge in [-0.05, 0) is 36.4 Å². The summed E-state index contributed by atoms with van der Waals surface area (Å²) in [7, 11) is 1.73. The van der Waals surface area contributed by atoms with Crippen molar-refractivity contribution in [1.29, 1.82) is 0 Å². The van der Waals surface area contributed by atoms with Gasteiger partial charge < -0.3 is 10.6 Å². The van der Waals surface area contributed by atoms with Crippen molar-refractivity contribution in [2.24, 2.45) is 4.99 Å². The fourth-order valence-corrected chi connectivity index (χ4v) is 3.03. The molecule has 3 aromatic rings. The summed E-state index contributed by atoms with van der Waals surface area (Å²) in [6.07, 6.45) is 1.93. The highest BCUT2D eigenvalue weighted by Gasteiger charge is 2.05. The maximum absolute atomic E-state index is 12.9. The molecule has 2 heterocycles. The van der Waals surface area contributed by atoms with E-state index in [0.29, 0.717) is 12.5 Å². The molecule has 0 aliphatic rings. The minimum atomic E-state index is -0.215. The van der Waals surface area contributed by atoms with E-state index in [1.54, 1.807) is 30.9 Å². The first-order valence-electron chi connectivity index (χ1n) is 7.88. The van der Waals surface area contributed by atoms with Gasteiger partial charge in [-0.1, -0.05) is 6.07 Å². The van der Waals surface area contributed by atoms with E-state index in [4.69, 9.17) is 0 Å². The summed E-state index contributed by atoms with van der Waals surface area (Å²) in [5.41, 5.74) is 0.818. The number of thioether (sulfide) groups is 1. The monoisotopic (exact) mass is 486 g/mol. The van der Waals surface area contributed by atoms with Gasteiger partial charge in [0.2, 0.25) is 0 Å². The van der Waals surface area contributed by atoms with Crippen molar-refractivity contribution in [1.82, 2.24) is 25.2 Å². The van der Waals surface area contributed by atoms with Gasteiger partial charge >= 0.3 is 0 Å².